The van der Waals surface area contributed by atoms with E-state index in [9.17, 15) is 14.4 Å². The van der Waals surface area contributed by atoms with E-state index >= 15 is 0 Å². The van der Waals surface area contributed by atoms with Crippen LogP contribution in [0, 0.1) is 5.92 Å². The molecule has 2 fully saturated rings. The molecule has 1 atom stereocenters. The molecule has 146 valence electrons. The minimum atomic E-state index is -1.33. The van der Waals surface area contributed by atoms with Crippen LogP contribution in [0.5, 0.6) is 0 Å². The number of amides is 4. The Bertz CT molecular complexity index is 781. The van der Waals surface area contributed by atoms with Crippen molar-refractivity contribution in [3.63, 3.8) is 0 Å². The zero-order chi connectivity index (χ0) is 19.8. The molecule has 2 aliphatic rings. The number of carbonyl (C=O) groups excluding carboxylic acids is 3. The van der Waals surface area contributed by atoms with Crippen molar-refractivity contribution >= 4 is 41.0 Å². The molecular weight excluding hydrogens is 389 g/mol. The molecule has 0 bridgehead atoms. The number of rotatable bonds is 7. The zero-order valence-electron chi connectivity index (χ0n) is 15.4. The number of nitrogens with zero attached hydrogens (tertiary/aromatic N) is 2. The first kappa shape index (κ1) is 20.0. The third-order valence-corrected chi connectivity index (χ3v) is 5.61. The molecule has 1 aromatic carbocycles. The number of benzene rings is 1. The van der Waals surface area contributed by atoms with Crippen LogP contribution in [-0.4, -0.2) is 47.3 Å². The highest BCUT2D eigenvalue weighted by Gasteiger charge is 2.50. The third kappa shape index (κ3) is 4.06. The monoisotopic (exact) mass is 411 g/mol. The maximum atomic E-state index is 13.0. The predicted octanol–water partition coefficient (Wildman–Crippen LogP) is 3.41. The summed E-state index contributed by atoms with van der Waals surface area (Å²) < 4.78 is 0. The molecule has 1 saturated heterocycles. The van der Waals surface area contributed by atoms with Crippen molar-refractivity contribution in [2.75, 3.05) is 19.6 Å². The van der Waals surface area contributed by atoms with Gasteiger partial charge < -0.3 is 10.2 Å². The largest absolute Gasteiger partial charge is 0.341 e. The fourth-order valence-corrected chi connectivity index (χ4v) is 3.95. The van der Waals surface area contributed by atoms with E-state index in [4.69, 9.17) is 23.2 Å². The molecule has 0 aromatic heterocycles. The Balaban J connectivity index is 1.77. The van der Waals surface area contributed by atoms with Gasteiger partial charge in [-0.3, -0.25) is 14.5 Å². The van der Waals surface area contributed by atoms with Gasteiger partial charge in [0.15, 0.2) is 0 Å². The lowest BCUT2D eigenvalue weighted by atomic mass is 9.92. The lowest BCUT2D eigenvalue weighted by Gasteiger charge is -2.25. The Labute approximate surface area is 168 Å². The first-order valence-corrected chi connectivity index (χ1v) is 9.89. The summed E-state index contributed by atoms with van der Waals surface area (Å²) in [6.45, 7) is 4.63. The normalized spacial score (nSPS) is 22.1. The molecule has 8 heteroatoms. The van der Waals surface area contributed by atoms with Crippen LogP contribution >= 0.6 is 23.2 Å². The maximum Gasteiger partial charge on any atom is 0.325 e. The van der Waals surface area contributed by atoms with E-state index in [1.807, 2.05) is 6.92 Å². The molecule has 0 radical (unpaired) electrons. The van der Waals surface area contributed by atoms with Crippen molar-refractivity contribution in [3.05, 3.63) is 33.8 Å². The fourth-order valence-electron chi connectivity index (χ4n) is 3.35. The molecule has 1 aliphatic carbocycles. The molecule has 6 nitrogen and oxygen atoms in total. The van der Waals surface area contributed by atoms with Gasteiger partial charge in [0, 0.05) is 28.7 Å². The second-order valence-electron chi connectivity index (χ2n) is 7.35. The smallest absolute Gasteiger partial charge is 0.325 e. The van der Waals surface area contributed by atoms with Gasteiger partial charge in [-0.05, 0) is 44.2 Å². The lowest BCUT2D eigenvalue weighted by Crippen LogP contribution is -2.45. The second kappa shape index (κ2) is 7.68. The lowest BCUT2D eigenvalue weighted by molar-refractivity contribution is -0.139. The minimum absolute atomic E-state index is 0.210. The van der Waals surface area contributed by atoms with Gasteiger partial charge in [0.25, 0.3) is 5.91 Å². The molecule has 0 unspecified atom stereocenters. The summed E-state index contributed by atoms with van der Waals surface area (Å²) in [5, 5.41) is 3.40. The van der Waals surface area contributed by atoms with Gasteiger partial charge in [0.2, 0.25) is 5.91 Å². The van der Waals surface area contributed by atoms with E-state index in [-0.39, 0.29) is 17.5 Å². The van der Waals surface area contributed by atoms with Crippen molar-refractivity contribution in [1.82, 2.24) is 15.1 Å². The SMILES string of the molecule is CCCN(CC1CC1)C(=O)CN1C(=O)N[C@](C)(c2ccc(Cl)cc2Cl)C1=O. The van der Waals surface area contributed by atoms with Gasteiger partial charge in [0.05, 0.1) is 0 Å². The highest BCUT2D eigenvalue weighted by molar-refractivity contribution is 6.35. The Morgan fingerprint density at radius 2 is 2.04 bits per heavy atom. The maximum absolute atomic E-state index is 13.0. The number of nitrogens with one attached hydrogen (secondary N) is 1. The van der Waals surface area contributed by atoms with Gasteiger partial charge in [-0.15, -0.1) is 0 Å². The Morgan fingerprint density at radius 3 is 2.63 bits per heavy atom. The van der Waals surface area contributed by atoms with Crippen molar-refractivity contribution in [2.24, 2.45) is 5.92 Å². The number of carbonyl (C=O) groups is 3. The molecule has 1 heterocycles. The highest BCUT2D eigenvalue weighted by Crippen LogP contribution is 2.35. The van der Waals surface area contributed by atoms with Crippen LogP contribution in [0.2, 0.25) is 10.0 Å². The summed E-state index contributed by atoms with van der Waals surface area (Å²) in [7, 11) is 0. The number of urea groups is 1. The highest BCUT2D eigenvalue weighted by atomic mass is 35.5. The van der Waals surface area contributed by atoms with Crippen LogP contribution in [-0.2, 0) is 15.1 Å². The van der Waals surface area contributed by atoms with E-state index in [1.54, 1.807) is 24.0 Å². The summed E-state index contributed by atoms with van der Waals surface area (Å²) >= 11 is 12.2. The van der Waals surface area contributed by atoms with Gasteiger partial charge in [-0.2, -0.15) is 0 Å². The van der Waals surface area contributed by atoms with Gasteiger partial charge >= 0.3 is 6.03 Å². The van der Waals surface area contributed by atoms with Gasteiger partial charge in [-0.25, -0.2) is 4.79 Å². The third-order valence-electron chi connectivity index (χ3n) is 5.06. The van der Waals surface area contributed by atoms with E-state index in [0.29, 0.717) is 29.6 Å². The first-order chi connectivity index (χ1) is 12.8. The number of imide groups is 1. The average molecular weight is 412 g/mol. The zero-order valence-corrected chi connectivity index (χ0v) is 16.9. The van der Waals surface area contributed by atoms with Crippen molar-refractivity contribution in [2.45, 2.75) is 38.6 Å². The molecular formula is C19H23Cl2N3O3. The number of hydrogen-bond acceptors (Lipinski definition) is 3. The van der Waals surface area contributed by atoms with E-state index < -0.39 is 17.5 Å². The van der Waals surface area contributed by atoms with Gasteiger partial charge in [0.1, 0.15) is 12.1 Å². The standard InChI is InChI=1S/C19H23Cl2N3O3/c1-3-8-23(10-12-4-5-12)16(25)11-24-17(26)19(2,22-18(24)27)14-7-6-13(20)9-15(14)21/h6-7,9,12H,3-5,8,10-11H2,1-2H3,(H,22,27)/t19-/m1/s1. The minimum Gasteiger partial charge on any atom is -0.341 e. The second-order valence-corrected chi connectivity index (χ2v) is 8.20. The molecule has 0 spiro atoms. The van der Waals surface area contributed by atoms with Crippen molar-refractivity contribution < 1.29 is 14.4 Å². The molecule has 1 N–H and O–H groups in total. The first-order valence-electron chi connectivity index (χ1n) is 9.13. The van der Waals surface area contributed by atoms with Crippen LogP contribution in [0.1, 0.15) is 38.7 Å². The predicted molar refractivity (Wildman–Crippen MR) is 104 cm³/mol. The Hall–Kier alpha value is -1.79. The number of hydrogen-bond donors (Lipinski definition) is 1. The Morgan fingerprint density at radius 1 is 1.33 bits per heavy atom. The van der Waals surface area contributed by atoms with Crippen LogP contribution < -0.4 is 5.32 Å². The Kier molecular flexibility index (Phi) is 5.68. The van der Waals surface area contributed by atoms with Crippen molar-refractivity contribution in [3.8, 4) is 0 Å². The fraction of sp³-hybridized carbons (Fsp3) is 0.526. The quantitative estimate of drug-likeness (QED) is 0.698. The van der Waals surface area contributed by atoms with Crippen LogP contribution in [0.4, 0.5) is 4.79 Å². The summed E-state index contributed by atoms with van der Waals surface area (Å²) in [6, 6.07) is 4.16. The summed E-state index contributed by atoms with van der Waals surface area (Å²) in [5.74, 6) is -0.159. The molecule has 1 saturated carbocycles. The summed E-state index contributed by atoms with van der Waals surface area (Å²) in [4.78, 5) is 40.9. The van der Waals surface area contributed by atoms with E-state index in [1.165, 1.54) is 6.07 Å². The van der Waals surface area contributed by atoms with Gasteiger partial charge in [-0.1, -0.05) is 36.2 Å². The van der Waals surface area contributed by atoms with E-state index in [0.717, 1.165) is 24.2 Å². The molecule has 4 amide bonds. The number of halogens is 2. The summed E-state index contributed by atoms with van der Waals surface area (Å²) in [5.41, 5.74) is -0.879. The molecule has 3 rings (SSSR count). The van der Waals surface area contributed by atoms with Crippen LogP contribution in [0.25, 0.3) is 0 Å². The molecule has 1 aromatic rings. The van der Waals surface area contributed by atoms with E-state index in [2.05, 4.69) is 5.32 Å². The molecule has 1 aliphatic heterocycles. The van der Waals surface area contributed by atoms with Crippen LogP contribution in [0.3, 0.4) is 0 Å². The van der Waals surface area contributed by atoms with Crippen molar-refractivity contribution in [1.29, 1.82) is 0 Å². The van der Waals surface area contributed by atoms with Crippen LogP contribution in [0.15, 0.2) is 18.2 Å². The average Bonchev–Trinajstić information content (AvgIpc) is 3.38. The topological polar surface area (TPSA) is 69.7 Å². The molecule has 27 heavy (non-hydrogen) atoms. The summed E-state index contributed by atoms with van der Waals surface area (Å²) in [6.07, 6.45) is 3.09.